The number of carbonyl (C=O) groups is 1. The number of benzene rings is 1. The average molecular weight is 553 g/mol. The smallest absolute Gasteiger partial charge is 0.333 e. The number of carbonyl (C=O) groups excluding carboxylic acids is 1. The van der Waals surface area contributed by atoms with Gasteiger partial charge in [0, 0.05) is 35.3 Å². The molecule has 2 aromatic heterocycles. The van der Waals surface area contributed by atoms with Gasteiger partial charge >= 0.3 is 6.55 Å². The summed E-state index contributed by atoms with van der Waals surface area (Å²) in [6.45, 7) is -0.618. The van der Waals surface area contributed by atoms with Crippen LogP contribution < -0.4 is 5.32 Å². The van der Waals surface area contributed by atoms with E-state index in [2.05, 4.69) is 21.5 Å². The van der Waals surface area contributed by atoms with Gasteiger partial charge in [0.2, 0.25) is 5.91 Å². The molecule has 0 spiro atoms. The van der Waals surface area contributed by atoms with Gasteiger partial charge in [-0.1, -0.05) is 24.9 Å². The van der Waals surface area contributed by atoms with Gasteiger partial charge in [0.05, 0.1) is 40.9 Å². The quantitative estimate of drug-likeness (QED) is 0.427. The van der Waals surface area contributed by atoms with Crippen LogP contribution in [-0.4, -0.2) is 43.5 Å². The minimum atomic E-state index is -2.89. The van der Waals surface area contributed by atoms with Gasteiger partial charge in [-0.2, -0.15) is 19.1 Å². The Morgan fingerprint density at radius 1 is 1.26 bits per heavy atom. The lowest BCUT2D eigenvalue weighted by atomic mass is 9.92. The van der Waals surface area contributed by atoms with Crippen LogP contribution in [0.2, 0.25) is 5.02 Å². The molecule has 1 aromatic carbocycles. The van der Waals surface area contributed by atoms with Crippen LogP contribution in [0.5, 0.6) is 0 Å². The second-order valence-corrected chi connectivity index (χ2v) is 10.3. The zero-order valence-corrected chi connectivity index (χ0v) is 21.9. The van der Waals surface area contributed by atoms with E-state index in [0.717, 1.165) is 5.57 Å². The predicted octanol–water partition coefficient (Wildman–Crippen LogP) is 5.77. The Labute approximate surface area is 229 Å². The number of pyridine rings is 1. The Bertz CT molecular complexity index is 1470. The number of aliphatic hydroxyl groups excluding tert-OH is 1. The summed E-state index contributed by atoms with van der Waals surface area (Å²) in [5.41, 5.74) is 3.28. The molecule has 3 atom stereocenters. The van der Waals surface area contributed by atoms with E-state index in [1.54, 1.807) is 35.2 Å². The number of alkyl halides is 2. The van der Waals surface area contributed by atoms with Gasteiger partial charge in [0.25, 0.3) is 0 Å². The number of aliphatic hydroxyl groups is 1. The van der Waals surface area contributed by atoms with Crippen LogP contribution in [0.3, 0.4) is 0 Å². The number of hydrogen-bond acceptors (Lipinski definition) is 6. The summed E-state index contributed by atoms with van der Waals surface area (Å²) in [6.07, 6.45) is 5.82. The van der Waals surface area contributed by atoms with E-state index in [1.165, 1.54) is 18.5 Å². The lowest BCUT2D eigenvalue weighted by Gasteiger charge is -2.35. The van der Waals surface area contributed by atoms with E-state index in [1.807, 2.05) is 6.92 Å². The molecule has 202 valence electrons. The molecule has 0 saturated heterocycles. The highest BCUT2D eigenvalue weighted by Crippen LogP contribution is 2.38. The highest BCUT2D eigenvalue weighted by Gasteiger charge is 2.31. The molecule has 8 nitrogen and oxygen atoms in total. The van der Waals surface area contributed by atoms with Crippen molar-refractivity contribution < 1.29 is 18.7 Å². The molecule has 4 heterocycles. The number of nitrogens with one attached hydrogen (secondary N) is 1. The van der Waals surface area contributed by atoms with Crippen molar-refractivity contribution in [3.8, 4) is 17.3 Å². The van der Waals surface area contributed by atoms with Crippen molar-refractivity contribution in [1.82, 2.24) is 19.7 Å². The zero-order chi connectivity index (χ0) is 27.7. The molecule has 39 heavy (non-hydrogen) atoms. The zero-order valence-electron chi connectivity index (χ0n) is 21.2. The molecule has 0 fully saturated rings. The molecular formula is C28H27ClF2N6O2. The van der Waals surface area contributed by atoms with Gasteiger partial charge in [-0.05, 0) is 60.7 Å². The molecule has 0 radical (unpaired) electrons. The molecule has 2 aliphatic heterocycles. The molecule has 0 aliphatic carbocycles. The number of nitrogens with zero attached hydrogens (tertiary/aromatic N) is 5. The fourth-order valence-corrected chi connectivity index (χ4v) is 5.47. The Balaban J connectivity index is 1.54. The number of anilines is 1. The first-order valence-corrected chi connectivity index (χ1v) is 13.1. The topological polar surface area (TPSA) is 107 Å². The maximum atomic E-state index is 13.9. The number of hydrogen-bond donors (Lipinski definition) is 2. The molecule has 11 heteroatoms. The normalized spacial score (nSPS) is 21.8. The van der Waals surface area contributed by atoms with Gasteiger partial charge in [-0.15, -0.1) is 0 Å². The lowest BCUT2D eigenvalue weighted by Crippen LogP contribution is -2.38. The maximum absolute atomic E-state index is 13.9. The maximum Gasteiger partial charge on any atom is 0.333 e. The van der Waals surface area contributed by atoms with Crippen molar-refractivity contribution in [3.63, 3.8) is 0 Å². The van der Waals surface area contributed by atoms with Gasteiger partial charge in [-0.3, -0.25) is 9.78 Å². The van der Waals surface area contributed by atoms with Gasteiger partial charge in [0.1, 0.15) is 6.23 Å². The number of fused-ring (bicyclic) bond motifs is 4. The second-order valence-electron chi connectivity index (χ2n) is 9.86. The van der Waals surface area contributed by atoms with E-state index in [-0.39, 0.29) is 17.5 Å². The summed E-state index contributed by atoms with van der Waals surface area (Å²) in [4.78, 5) is 19.8. The van der Waals surface area contributed by atoms with Crippen molar-refractivity contribution in [2.24, 2.45) is 5.92 Å². The standard InChI is InChI=1S/C28H27ClF2N6O2/c1-16-3-2-4-24(36-10-8-17(12-25(36)38)21-13-20(29)6-5-19(21)14-32)22-11-18(7-9-33-22)26-23(35-27(16)39)15-34-37(26)28(30)31/h5-7,9,11-13,15-16,24,27-28,35,39H,2-4,8,10H2,1H3/t16-,24+,27?/m1/s1. The highest BCUT2D eigenvalue weighted by atomic mass is 35.5. The lowest BCUT2D eigenvalue weighted by molar-refractivity contribution is -0.129. The molecule has 2 bridgehead atoms. The number of rotatable bonds is 3. The van der Waals surface area contributed by atoms with E-state index in [9.17, 15) is 23.9 Å². The third-order valence-corrected chi connectivity index (χ3v) is 7.62. The fraction of sp³-hybridized carbons (Fsp3) is 0.357. The van der Waals surface area contributed by atoms with Crippen LogP contribution in [0.25, 0.3) is 16.8 Å². The molecule has 0 saturated carbocycles. The van der Waals surface area contributed by atoms with Crippen molar-refractivity contribution in [2.45, 2.75) is 51.4 Å². The third kappa shape index (κ3) is 5.37. The predicted molar refractivity (Wildman–Crippen MR) is 143 cm³/mol. The Kier molecular flexibility index (Phi) is 7.64. The number of halogens is 3. The number of amides is 1. The highest BCUT2D eigenvalue weighted by molar-refractivity contribution is 6.30. The van der Waals surface area contributed by atoms with Crippen molar-refractivity contribution in [3.05, 3.63) is 70.6 Å². The summed E-state index contributed by atoms with van der Waals surface area (Å²) in [5.74, 6) is -0.410. The summed E-state index contributed by atoms with van der Waals surface area (Å²) in [5, 5.41) is 27.5. The summed E-state index contributed by atoms with van der Waals surface area (Å²) in [6, 6.07) is 10.0. The van der Waals surface area contributed by atoms with Crippen LogP contribution in [-0.2, 0) is 4.79 Å². The Hall–Kier alpha value is -3.81. The minimum Gasteiger partial charge on any atom is -0.374 e. The Morgan fingerprint density at radius 2 is 2.08 bits per heavy atom. The SMILES string of the molecule is C[C@@H]1CCC[C@H](N2CCC(c3cc(Cl)ccc3C#N)=CC2=O)c2cc(ccn2)-c2c(cnn2C(F)F)NC1O. The van der Waals surface area contributed by atoms with Crippen LogP contribution in [0, 0.1) is 17.2 Å². The van der Waals surface area contributed by atoms with E-state index in [4.69, 9.17) is 11.6 Å². The van der Waals surface area contributed by atoms with E-state index < -0.39 is 18.8 Å². The van der Waals surface area contributed by atoms with Gasteiger partial charge in [0.15, 0.2) is 0 Å². The fourth-order valence-electron chi connectivity index (χ4n) is 5.29. The Morgan fingerprint density at radius 3 is 2.82 bits per heavy atom. The molecule has 1 amide bonds. The minimum absolute atomic E-state index is 0.136. The number of aromatic nitrogens is 3. The molecular weight excluding hydrogens is 526 g/mol. The summed E-state index contributed by atoms with van der Waals surface area (Å²) < 4.78 is 28.3. The first-order chi connectivity index (χ1) is 18.8. The first-order valence-electron chi connectivity index (χ1n) is 12.7. The molecule has 5 rings (SSSR count). The summed E-state index contributed by atoms with van der Waals surface area (Å²) in [7, 11) is 0. The van der Waals surface area contributed by atoms with Crippen molar-refractivity contribution in [1.29, 1.82) is 5.26 Å². The second kappa shape index (κ2) is 11.1. The first kappa shape index (κ1) is 26.8. The monoisotopic (exact) mass is 552 g/mol. The van der Waals surface area contributed by atoms with Crippen LogP contribution >= 0.6 is 11.6 Å². The molecule has 3 aromatic rings. The molecule has 2 aliphatic rings. The largest absolute Gasteiger partial charge is 0.374 e. The van der Waals surface area contributed by atoms with Crippen LogP contribution in [0.15, 0.2) is 48.8 Å². The molecule has 1 unspecified atom stereocenters. The summed E-state index contributed by atoms with van der Waals surface area (Å²) >= 11 is 6.17. The van der Waals surface area contributed by atoms with Crippen LogP contribution in [0.1, 0.15) is 62.0 Å². The third-order valence-electron chi connectivity index (χ3n) is 7.38. The average Bonchev–Trinajstić information content (AvgIpc) is 3.34. The van der Waals surface area contributed by atoms with Gasteiger partial charge < -0.3 is 15.3 Å². The van der Waals surface area contributed by atoms with Crippen LogP contribution in [0.4, 0.5) is 14.5 Å². The van der Waals surface area contributed by atoms with E-state index >= 15 is 0 Å². The van der Waals surface area contributed by atoms with Crippen molar-refractivity contribution in [2.75, 3.05) is 11.9 Å². The van der Waals surface area contributed by atoms with Gasteiger partial charge in [-0.25, -0.2) is 4.68 Å². The number of nitriles is 1. The van der Waals surface area contributed by atoms with Crippen molar-refractivity contribution >= 4 is 28.8 Å². The molecule has 2 N–H and O–H groups in total. The van der Waals surface area contributed by atoms with E-state index in [0.29, 0.717) is 70.0 Å².